The summed E-state index contributed by atoms with van der Waals surface area (Å²) in [4.78, 5) is 2.50. The third-order valence-electron chi connectivity index (χ3n) is 6.15. The van der Waals surface area contributed by atoms with Crippen LogP contribution in [0, 0.1) is 12.7 Å². The highest BCUT2D eigenvalue weighted by Gasteiger charge is 2.49. The van der Waals surface area contributed by atoms with Gasteiger partial charge in [0.25, 0.3) is 0 Å². The van der Waals surface area contributed by atoms with E-state index in [-0.39, 0.29) is 5.82 Å². The fraction of sp³-hybridized carbons (Fsp3) is 0.550. The van der Waals surface area contributed by atoms with Gasteiger partial charge in [0.2, 0.25) is 0 Å². The van der Waals surface area contributed by atoms with E-state index in [0.717, 1.165) is 25.9 Å². The van der Waals surface area contributed by atoms with Crippen molar-refractivity contribution in [3.05, 3.63) is 53.1 Å². The number of hydrogen-bond acceptors (Lipinski definition) is 3. The van der Waals surface area contributed by atoms with Crippen LogP contribution < -0.4 is 0 Å². The van der Waals surface area contributed by atoms with Crippen LogP contribution in [0.25, 0.3) is 0 Å². The molecule has 1 aromatic heterocycles. The van der Waals surface area contributed by atoms with Crippen LogP contribution in [0.4, 0.5) is 4.39 Å². The second-order valence-corrected chi connectivity index (χ2v) is 7.55. The van der Waals surface area contributed by atoms with Crippen LogP contribution >= 0.6 is 0 Å². The van der Waals surface area contributed by atoms with Crippen molar-refractivity contribution < 1.29 is 9.50 Å². The number of rotatable bonds is 4. The first-order valence-electron chi connectivity index (χ1n) is 9.26. The molecule has 0 saturated carbocycles. The Hall–Kier alpha value is -1.72. The number of aliphatic hydroxyl groups is 1. The number of nitrogens with zero attached hydrogens (tertiary/aromatic N) is 3. The molecule has 134 valence electrons. The van der Waals surface area contributed by atoms with Crippen molar-refractivity contribution in [2.75, 3.05) is 0 Å². The van der Waals surface area contributed by atoms with E-state index in [1.807, 2.05) is 16.9 Å². The second kappa shape index (κ2) is 6.22. The Bertz CT molecular complexity index is 758. The van der Waals surface area contributed by atoms with Crippen molar-refractivity contribution in [1.82, 2.24) is 14.7 Å². The van der Waals surface area contributed by atoms with Crippen molar-refractivity contribution in [1.29, 1.82) is 0 Å². The van der Waals surface area contributed by atoms with E-state index in [1.54, 1.807) is 12.1 Å². The molecule has 2 saturated heterocycles. The molecule has 3 heterocycles. The van der Waals surface area contributed by atoms with Crippen molar-refractivity contribution in [3.8, 4) is 0 Å². The molecular weight excluding hydrogens is 317 g/mol. The van der Waals surface area contributed by atoms with E-state index in [4.69, 9.17) is 0 Å². The third kappa shape index (κ3) is 2.79. The van der Waals surface area contributed by atoms with E-state index in [0.29, 0.717) is 30.5 Å². The average molecular weight is 343 g/mol. The molecule has 0 spiro atoms. The molecule has 4 rings (SSSR count). The van der Waals surface area contributed by atoms with Gasteiger partial charge in [-0.2, -0.15) is 5.10 Å². The van der Waals surface area contributed by atoms with E-state index < -0.39 is 5.60 Å². The molecule has 2 aliphatic heterocycles. The maximum atomic E-state index is 14.2. The molecule has 1 unspecified atom stereocenters. The predicted molar refractivity (Wildman–Crippen MR) is 94.5 cm³/mol. The van der Waals surface area contributed by atoms with Crippen molar-refractivity contribution >= 4 is 0 Å². The SMILES string of the molecule is CCn1ncc(CN2[C@@H]3CC[C@H]2CC(O)(c2ccccc2F)C3)c1C. The van der Waals surface area contributed by atoms with Gasteiger partial charge in [-0.1, -0.05) is 18.2 Å². The number of piperidine rings is 1. The first kappa shape index (κ1) is 16.7. The molecule has 0 amide bonds. The highest BCUT2D eigenvalue weighted by atomic mass is 19.1. The quantitative estimate of drug-likeness (QED) is 0.925. The molecule has 2 aromatic rings. The lowest BCUT2D eigenvalue weighted by Crippen LogP contribution is -2.49. The van der Waals surface area contributed by atoms with Gasteiger partial charge in [-0.25, -0.2) is 4.39 Å². The van der Waals surface area contributed by atoms with Crippen LogP contribution in [0.15, 0.2) is 30.5 Å². The van der Waals surface area contributed by atoms with Gasteiger partial charge >= 0.3 is 0 Å². The summed E-state index contributed by atoms with van der Waals surface area (Å²) in [7, 11) is 0. The number of aryl methyl sites for hydroxylation is 1. The Balaban J connectivity index is 1.56. The summed E-state index contributed by atoms with van der Waals surface area (Å²) < 4.78 is 16.3. The average Bonchev–Trinajstić information content (AvgIpc) is 3.06. The normalized spacial score (nSPS) is 29.3. The van der Waals surface area contributed by atoms with Gasteiger partial charge < -0.3 is 5.11 Å². The first-order chi connectivity index (χ1) is 12.0. The van der Waals surface area contributed by atoms with Gasteiger partial charge in [0, 0.05) is 42.0 Å². The number of halogens is 1. The maximum absolute atomic E-state index is 14.2. The Morgan fingerprint density at radius 3 is 2.52 bits per heavy atom. The summed E-state index contributed by atoms with van der Waals surface area (Å²) >= 11 is 0. The minimum absolute atomic E-state index is 0.294. The Morgan fingerprint density at radius 1 is 1.24 bits per heavy atom. The molecule has 0 aliphatic carbocycles. The fourth-order valence-corrected chi connectivity index (χ4v) is 4.79. The molecule has 1 aromatic carbocycles. The zero-order valence-electron chi connectivity index (χ0n) is 15.0. The fourth-order valence-electron chi connectivity index (χ4n) is 4.79. The first-order valence-corrected chi connectivity index (χ1v) is 9.26. The zero-order valence-corrected chi connectivity index (χ0v) is 15.0. The van der Waals surface area contributed by atoms with E-state index in [9.17, 15) is 9.50 Å². The van der Waals surface area contributed by atoms with E-state index in [2.05, 4.69) is 23.8 Å². The van der Waals surface area contributed by atoms with Gasteiger partial charge in [-0.15, -0.1) is 0 Å². The summed E-state index contributed by atoms with van der Waals surface area (Å²) in [6.07, 6.45) is 5.32. The summed E-state index contributed by atoms with van der Waals surface area (Å²) in [5.74, 6) is -0.294. The number of fused-ring (bicyclic) bond motifs is 2. The molecule has 4 nitrogen and oxygen atoms in total. The zero-order chi connectivity index (χ0) is 17.6. The summed E-state index contributed by atoms with van der Waals surface area (Å²) in [5, 5.41) is 15.7. The summed E-state index contributed by atoms with van der Waals surface area (Å²) in [5.41, 5.74) is 1.89. The number of hydrogen-bond donors (Lipinski definition) is 1. The molecule has 2 aliphatic rings. The van der Waals surface area contributed by atoms with E-state index in [1.165, 1.54) is 17.3 Å². The van der Waals surface area contributed by atoms with Crippen molar-refractivity contribution in [3.63, 3.8) is 0 Å². The van der Waals surface area contributed by atoms with Gasteiger partial charge in [-0.05, 0) is 45.6 Å². The van der Waals surface area contributed by atoms with Crippen LogP contribution in [0.3, 0.4) is 0 Å². The van der Waals surface area contributed by atoms with Gasteiger partial charge in [0.15, 0.2) is 0 Å². The van der Waals surface area contributed by atoms with Crippen LogP contribution in [-0.2, 0) is 18.7 Å². The molecule has 25 heavy (non-hydrogen) atoms. The lowest BCUT2D eigenvalue weighted by molar-refractivity contribution is -0.0616. The summed E-state index contributed by atoms with van der Waals surface area (Å²) in [6, 6.07) is 7.28. The third-order valence-corrected chi connectivity index (χ3v) is 6.15. The Morgan fingerprint density at radius 2 is 1.92 bits per heavy atom. The molecule has 0 radical (unpaired) electrons. The minimum Gasteiger partial charge on any atom is -0.385 e. The molecule has 3 atom stereocenters. The predicted octanol–water partition coefficient (Wildman–Crippen LogP) is 3.37. The monoisotopic (exact) mass is 343 g/mol. The van der Waals surface area contributed by atoms with Gasteiger partial charge in [0.05, 0.1) is 11.8 Å². The lowest BCUT2D eigenvalue weighted by Gasteiger charge is -2.44. The molecular formula is C20H26FN3O. The van der Waals surface area contributed by atoms with Crippen LogP contribution in [-0.4, -0.2) is 31.9 Å². The van der Waals surface area contributed by atoms with Crippen LogP contribution in [0.5, 0.6) is 0 Å². The topological polar surface area (TPSA) is 41.3 Å². The molecule has 1 N–H and O–H groups in total. The van der Waals surface area contributed by atoms with Crippen molar-refractivity contribution in [2.45, 2.75) is 70.3 Å². The highest BCUT2D eigenvalue weighted by Crippen LogP contribution is 2.46. The highest BCUT2D eigenvalue weighted by molar-refractivity contribution is 5.27. The van der Waals surface area contributed by atoms with Gasteiger partial charge in [-0.3, -0.25) is 9.58 Å². The van der Waals surface area contributed by atoms with Crippen molar-refractivity contribution in [2.24, 2.45) is 0 Å². The Kier molecular flexibility index (Phi) is 4.16. The Labute approximate surface area is 148 Å². The maximum Gasteiger partial charge on any atom is 0.129 e. The smallest absolute Gasteiger partial charge is 0.129 e. The van der Waals surface area contributed by atoms with E-state index >= 15 is 0 Å². The standard InChI is InChI=1S/C20H26FN3O/c1-3-24-14(2)15(12-22-24)13-23-16-8-9-17(23)11-20(25,10-16)18-6-4-5-7-19(18)21/h4-7,12,16-17,25H,3,8-11,13H2,1-2H3/t16-,17+,20?. The number of benzene rings is 1. The molecule has 5 heteroatoms. The second-order valence-electron chi connectivity index (χ2n) is 7.55. The lowest BCUT2D eigenvalue weighted by atomic mass is 9.80. The molecule has 2 fully saturated rings. The van der Waals surface area contributed by atoms with Gasteiger partial charge in [0.1, 0.15) is 5.82 Å². The minimum atomic E-state index is -1.05. The summed E-state index contributed by atoms with van der Waals surface area (Å²) in [6.45, 7) is 5.97. The van der Waals surface area contributed by atoms with Crippen LogP contribution in [0.2, 0.25) is 0 Å². The largest absolute Gasteiger partial charge is 0.385 e. The molecule has 2 bridgehead atoms. The van der Waals surface area contributed by atoms with Crippen LogP contribution in [0.1, 0.15) is 49.4 Å². The number of aromatic nitrogens is 2.